The molecule has 0 aliphatic rings. The monoisotopic (exact) mass is 178 g/mol. The number of aldehydes is 1. The maximum atomic E-state index is 10.4. The van der Waals surface area contributed by atoms with Crippen LogP contribution in [0.1, 0.15) is 18.1 Å². The number of phenols is 1. The third kappa shape index (κ3) is 2.31. The van der Waals surface area contributed by atoms with E-state index in [9.17, 15) is 9.90 Å². The van der Waals surface area contributed by atoms with Crippen LogP contribution in [-0.2, 0) is 11.2 Å². The number of hydrogen-bond acceptors (Lipinski definition) is 2. The number of carbonyl (C=O) groups excluding carboxylic acids is 1. The first-order valence-corrected chi connectivity index (χ1v) is 4.38. The van der Waals surface area contributed by atoms with Crippen molar-refractivity contribution in [2.45, 2.75) is 20.3 Å². The van der Waals surface area contributed by atoms with Crippen LogP contribution >= 0.6 is 0 Å². The number of aromatic hydroxyl groups is 1. The molecule has 0 radical (unpaired) electrons. The quantitative estimate of drug-likeness (QED) is 0.719. The van der Waals surface area contributed by atoms with Gasteiger partial charge in [-0.15, -0.1) is 0 Å². The Kier molecular flexibility index (Phi) is 3.07. The summed E-state index contributed by atoms with van der Waals surface area (Å²) in [5.74, 6) is 0.281. The Morgan fingerprint density at radius 2 is 2.23 bits per heavy atom. The third-order valence-corrected chi connectivity index (χ3v) is 2.10. The summed E-state index contributed by atoms with van der Waals surface area (Å²) in [6, 6.07) is 5.59. The first-order valence-electron chi connectivity index (χ1n) is 4.38. The Bertz CT molecular complexity index is 305. The van der Waals surface area contributed by atoms with Crippen LogP contribution in [0.3, 0.4) is 0 Å². The van der Waals surface area contributed by atoms with Crippen LogP contribution in [0, 0.1) is 12.8 Å². The summed E-state index contributed by atoms with van der Waals surface area (Å²) in [6.07, 6.45) is 1.51. The van der Waals surface area contributed by atoms with Gasteiger partial charge in [0.1, 0.15) is 12.0 Å². The highest BCUT2D eigenvalue weighted by Gasteiger charge is 2.07. The van der Waals surface area contributed by atoms with E-state index in [-0.39, 0.29) is 5.92 Å². The van der Waals surface area contributed by atoms with Crippen molar-refractivity contribution in [2.24, 2.45) is 5.92 Å². The average Bonchev–Trinajstić information content (AvgIpc) is 2.13. The molecule has 0 spiro atoms. The van der Waals surface area contributed by atoms with E-state index in [1.807, 2.05) is 32.0 Å². The van der Waals surface area contributed by atoms with Gasteiger partial charge in [0.15, 0.2) is 0 Å². The van der Waals surface area contributed by atoms with Crippen LogP contribution in [0.25, 0.3) is 0 Å². The zero-order valence-corrected chi connectivity index (χ0v) is 7.95. The fourth-order valence-electron chi connectivity index (χ4n) is 1.28. The summed E-state index contributed by atoms with van der Waals surface area (Å²) in [5.41, 5.74) is 1.70. The molecule has 1 aromatic carbocycles. The van der Waals surface area contributed by atoms with E-state index in [0.717, 1.165) is 17.4 Å². The lowest BCUT2D eigenvalue weighted by atomic mass is 10.00. The predicted octanol–water partition coefficient (Wildman–Crippen LogP) is 2.08. The van der Waals surface area contributed by atoms with Crippen molar-refractivity contribution in [1.29, 1.82) is 0 Å². The van der Waals surface area contributed by atoms with E-state index >= 15 is 0 Å². The molecule has 0 saturated carbocycles. The number of para-hydroxylation sites is 1. The lowest BCUT2D eigenvalue weighted by Gasteiger charge is -2.07. The van der Waals surface area contributed by atoms with Gasteiger partial charge in [-0.05, 0) is 24.5 Å². The second-order valence-electron chi connectivity index (χ2n) is 3.40. The van der Waals surface area contributed by atoms with Gasteiger partial charge in [-0.1, -0.05) is 25.1 Å². The fourth-order valence-corrected chi connectivity index (χ4v) is 1.28. The standard InChI is InChI=1S/C11H14O2/c1-8(7-12)6-10-5-3-4-9(2)11(10)13/h3-5,7-8,13H,6H2,1-2H3. The molecule has 0 bridgehead atoms. The maximum Gasteiger partial charge on any atom is 0.123 e. The van der Waals surface area contributed by atoms with Crippen molar-refractivity contribution in [3.63, 3.8) is 0 Å². The van der Waals surface area contributed by atoms with E-state index < -0.39 is 0 Å². The van der Waals surface area contributed by atoms with Crippen LogP contribution in [0.15, 0.2) is 18.2 Å². The highest BCUT2D eigenvalue weighted by molar-refractivity contribution is 5.54. The van der Waals surface area contributed by atoms with Gasteiger partial charge in [0.25, 0.3) is 0 Å². The Balaban J connectivity index is 2.88. The van der Waals surface area contributed by atoms with E-state index in [4.69, 9.17) is 0 Å². The topological polar surface area (TPSA) is 37.3 Å². The zero-order chi connectivity index (χ0) is 9.84. The van der Waals surface area contributed by atoms with Gasteiger partial charge in [-0.2, -0.15) is 0 Å². The van der Waals surface area contributed by atoms with Crippen LogP contribution in [0.2, 0.25) is 0 Å². The zero-order valence-electron chi connectivity index (χ0n) is 7.95. The highest BCUT2D eigenvalue weighted by Crippen LogP contribution is 2.23. The van der Waals surface area contributed by atoms with E-state index in [0.29, 0.717) is 12.2 Å². The smallest absolute Gasteiger partial charge is 0.123 e. The molecule has 2 nitrogen and oxygen atoms in total. The predicted molar refractivity (Wildman–Crippen MR) is 51.8 cm³/mol. The van der Waals surface area contributed by atoms with Crippen molar-refractivity contribution in [3.8, 4) is 5.75 Å². The van der Waals surface area contributed by atoms with Crippen molar-refractivity contribution in [3.05, 3.63) is 29.3 Å². The Hall–Kier alpha value is -1.31. The number of carbonyl (C=O) groups is 1. The van der Waals surface area contributed by atoms with Gasteiger partial charge in [0, 0.05) is 5.92 Å². The molecule has 1 N–H and O–H groups in total. The number of hydrogen-bond donors (Lipinski definition) is 1. The molecule has 0 saturated heterocycles. The summed E-state index contributed by atoms with van der Waals surface area (Å²) in [5, 5.41) is 9.63. The minimum Gasteiger partial charge on any atom is -0.507 e. The Morgan fingerprint density at radius 3 is 2.85 bits per heavy atom. The Labute approximate surface area is 78.2 Å². The molecule has 13 heavy (non-hydrogen) atoms. The summed E-state index contributed by atoms with van der Waals surface area (Å²) < 4.78 is 0. The van der Waals surface area contributed by atoms with Crippen LogP contribution in [0.5, 0.6) is 5.75 Å². The molecule has 1 unspecified atom stereocenters. The first kappa shape index (κ1) is 9.78. The molecule has 1 aromatic rings. The molecule has 70 valence electrons. The van der Waals surface area contributed by atoms with Crippen molar-refractivity contribution in [1.82, 2.24) is 0 Å². The minimum absolute atomic E-state index is 0.0345. The van der Waals surface area contributed by atoms with Crippen molar-refractivity contribution >= 4 is 6.29 Å². The van der Waals surface area contributed by atoms with Crippen LogP contribution in [0.4, 0.5) is 0 Å². The van der Waals surface area contributed by atoms with Gasteiger partial charge in [-0.3, -0.25) is 0 Å². The molecule has 0 aliphatic heterocycles. The fraction of sp³-hybridized carbons (Fsp3) is 0.364. The van der Waals surface area contributed by atoms with E-state index in [2.05, 4.69) is 0 Å². The maximum absolute atomic E-state index is 10.4. The second-order valence-corrected chi connectivity index (χ2v) is 3.40. The first-order chi connectivity index (χ1) is 6.15. The number of benzene rings is 1. The molecule has 0 fully saturated rings. The molecule has 0 amide bonds. The third-order valence-electron chi connectivity index (χ3n) is 2.10. The van der Waals surface area contributed by atoms with E-state index in [1.165, 1.54) is 0 Å². The SMILES string of the molecule is Cc1cccc(CC(C)C=O)c1O. The molecular formula is C11H14O2. The molecule has 0 heterocycles. The number of phenolic OH excluding ortho intramolecular Hbond substituents is 1. The van der Waals surface area contributed by atoms with Gasteiger partial charge in [0.05, 0.1) is 0 Å². The molecule has 1 rings (SSSR count). The molecule has 0 aliphatic carbocycles. The van der Waals surface area contributed by atoms with Crippen molar-refractivity contribution in [2.75, 3.05) is 0 Å². The van der Waals surface area contributed by atoms with Gasteiger partial charge >= 0.3 is 0 Å². The summed E-state index contributed by atoms with van der Waals surface area (Å²) >= 11 is 0. The Morgan fingerprint density at radius 1 is 1.54 bits per heavy atom. The lowest BCUT2D eigenvalue weighted by molar-refractivity contribution is -0.110. The summed E-state index contributed by atoms with van der Waals surface area (Å²) in [4.78, 5) is 10.4. The van der Waals surface area contributed by atoms with Crippen LogP contribution < -0.4 is 0 Å². The number of aryl methyl sites for hydroxylation is 1. The molecule has 0 aromatic heterocycles. The minimum atomic E-state index is -0.0345. The summed E-state index contributed by atoms with van der Waals surface area (Å²) in [7, 11) is 0. The lowest BCUT2D eigenvalue weighted by Crippen LogP contribution is -2.01. The number of rotatable bonds is 3. The molecule has 2 heteroatoms. The van der Waals surface area contributed by atoms with Gasteiger partial charge in [-0.25, -0.2) is 0 Å². The molecular weight excluding hydrogens is 164 g/mol. The van der Waals surface area contributed by atoms with Crippen LogP contribution in [-0.4, -0.2) is 11.4 Å². The molecule has 1 atom stereocenters. The van der Waals surface area contributed by atoms with Crippen molar-refractivity contribution < 1.29 is 9.90 Å². The highest BCUT2D eigenvalue weighted by atomic mass is 16.3. The average molecular weight is 178 g/mol. The van der Waals surface area contributed by atoms with E-state index in [1.54, 1.807) is 0 Å². The second kappa shape index (κ2) is 4.08. The largest absolute Gasteiger partial charge is 0.507 e. The van der Waals surface area contributed by atoms with Gasteiger partial charge < -0.3 is 9.90 Å². The summed E-state index contributed by atoms with van der Waals surface area (Å²) in [6.45, 7) is 3.69. The van der Waals surface area contributed by atoms with Gasteiger partial charge in [0.2, 0.25) is 0 Å². The normalized spacial score (nSPS) is 12.5.